The highest BCUT2D eigenvalue weighted by molar-refractivity contribution is 5.85. The zero-order valence-electron chi connectivity index (χ0n) is 13.7. The molecule has 2 fully saturated rings. The summed E-state index contributed by atoms with van der Waals surface area (Å²) in [6.45, 7) is 8.77. The molecule has 0 radical (unpaired) electrons. The Kier molecular flexibility index (Phi) is 9.25. The van der Waals surface area contributed by atoms with Gasteiger partial charge in [0.2, 0.25) is 0 Å². The van der Waals surface area contributed by atoms with Crippen LogP contribution in [-0.4, -0.2) is 55.7 Å². The molecule has 1 aromatic carbocycles. The molecule has 3 rings (SSSR count). The minimum absolute atomic E-state index is 0. The van der Waals surface area contributed by atoms with Gasteiger partial charge in [0.25, 0.3) is 0 Å². The fourth-order valence-electron chi connectivity index (χ4n) is 3.43. The second kappa shape index (κ2) is 10.4. The number of halogens is 2. The van der Waals surface area contributed by atoms with Gasteiger partial charge in [-0.1, -0.05) is 12.1 Å². The van der Waals surface area contributed by atoms with Crippen LogP contribution < -0.4 is 5.73 Å². The molecule has 0 unspecified atom stereocenters. The van der Waals surface area contributed by atoms with Crippen LogP contribution >= 0.6 is 24.8 Å². The number of hydrogen-bond donors (Lipinski definition) is 1. The third-order valence-electron chi connectivity index (χ3n) is 4.68. The maximum Gasteiger partial charge on any atom is 0.0594 e. The van der Waals surface area contributed by atoms with Gasteiger partial charge in [0.1, 0.15) is 0 Å². The molecule has 2 saturated heterocycles. The summed E-state index contributed by atoms with van der Waals surface area (Å²) in [7, 11) is 0. The van der Waals surface area contributed by atoms with E-state index < -0.39 is 0 Å². The Balaban J connectivity index is 0.00000132. The monoisotopic (exact) mass is 361 g/mol. The smallest absolute Gasteiger partial charge is 0.0594 e. The number of likely N-dealkylation sites (tertiary alicyclic amines) is 1. The van der Waals surface area contributed by atoms with E-state index in [9.17, 15) is 0 Å². The van der Waals surface area contributed by atoms with Crippen LogP contribution in [0.5, 0.6) is 0 Å². The Labute approximate surface area is 152 Å². The summed E-state index contributed by atoms with van der Waals surface area (Å²) in [5.74, 6) is 0.861. The van der Waals surface area contributed by atoms with Crippen molar-refractivity contribution in [2.24, 2.45) is 5.92 Å². The molecule has 6 heteroatoms. The van der Waals surface area contributed by atoms with E-state index in [2.05, 4.69) is 28.0 Å². The average Bonchev–Trinajstić information content (AvgIpc) is 2.50. The van der Waals surface area contributed by atoms with Gasteiger partial charge < -0.3 is 10.5 Å². The molecule has 1 aromatic rings. The van der Waals surface area contributed by atoms with Gasteiger partial charge in [0.15, 0.2) is 0 Å². The van der Waals surface area contributed by atoms with Crippen molar-refractivity contribution in [3.63, 3.8) is 0 Å². The van der Waals surface area contributed by atoms with Gasteiger partial charge in [-0.15, -0.1) is 24.8 Å². The summed E-state index contributed by atoms with van der Waals surface area (Å²) < 4.78 is 5.42. The fourth-order valence-corrected chi connectivity index (χ4v) is 3.43. The summed E-state index contributed by atoms with van der Waals surface area (Å²) in [5.41, 5.74) is 8.06. The molecular formula is C17H29Cl2N3O. The van der Waals surface area contributed by atoms with Gasteiger partial charge in [0.05, 0.1) is 13.2 Å². The zero-order chi connectivity index (χ0) is 14.5. The summed E-state index contributed by atoms with van der Waals surface area (Å²) in [4.78, 5) is 5.13. The largest absolute Gasteiger partial charge is 0.399 e. The van der Waals surface area contributed by atoms with E-state index in [4.69, 9.17) is 10.5 Å². The van der Waals surface area contributed by atoms with E-state index in [1.54, 1.807) is 0 Å². The van der Waals surface area contributed by atoms with Gasteiger partial charge in [-0.3, -0.25) is 9.80 Å². The first-order chi connectivity index (χ1) is 10.3. The number of benzene rings is 1. The maximum atomic E-state index is 5.86. The number of rotatable bonds is 4. The highest BCUT2D eigenvalue weighted by atomic mass is 35.5. The van der Waals surface area contributed by atoms with Crippen LogP contribution in [0.1, 0.15) is 18.4 Å². The summed E-state index contributed by atoms with van der Waals surface area (Å²) >= 11 is 0. The second-order valence-corrected chi connectivity index (χ2v) is 6.38. The SMILES string of the molecule is Cl.Cl.Nc1cccc(CN2CCC(CN3CCOCC3)CC2)c1. The van der Waals surface area contributed by atoms with Crippen molar-refractivity contribution in [1.82, 2.24) is 9.80 Å². The number of morpholine rings is 1. The molecule has 0 aliphatic carbocycles. The molecule has 0 saturated carbocycles. The van der Waals surface area contributed by atoms with Crippen LogP contribution in [-0.2, 0) is 11.3 Å². The number of hydrogen-bond acceptors (Lipinski definition) is 4. The second-order valence-electron chi connectivity index (χ2n) is 6.38. The van der Waals surface area contributed by atoms with Gasteiger partial charge in [-0.05, 0) is 49.5 Å². The minimum Gasteiger partial charge on any atom is -0.399 e. The number of nitrogen functional groups attached to an aromatic ring is 1. The highest BCUT2D eigenvalue weighted by Gasteiger charge is 2.22. The number of piperidine rings is 1. The fraction of sp³-hybridized carbons (Fsp3) is 0.647. The lowest BCUT2D eigenvalue weighted by atomic mass is 9.95. The van der Waals surface area contributed by atoms with E-state index in [0.29, 0.717) is 0 Å². The van der Waals surface area contributed by atoms with Crippen molar-refractivity contribution in [3.05, 3.63) is 29.8 Å². The standard InChI is InChI=1S/C17H27N3O.2ClH/c18-17-3-1-2-16(12-17)14-19-6-4-15(5-7-19)13-20-8-10-21-11-9-20;;/h1-3,12,15H,4-11,13-14,18H2;2*1H. The molecule has 0 atom stereocenters. The molecular weight excluding hydrogens is 333 g/mol. The van der Waals surface area contributed by atoms with Crippen LogP contribution in [0.15, 0.2) is 24.3 Å². The van der Waals surface area contributed by atoms with E-state index in [-0.39, 0.29) is 24.8 Å². The molecule has 0 bridgehead atoms. The highest BCUT2D eigenvalue weighted by Crippen LogP contribution is 2.21. The Morgan fingerprint density at radius 3 is 2.35 bits per heavy atom. The molecule has 0 amide bonds. The van der Waals surface area contributed by atoms with E-state index in [0.717, 1.165) is 44.5 Å². The maximum absolute atomic E-state index is 5.86. The Morgan fingerprint density at radius 2 is 1.70 bits per heavy atom. The van der Waals surface area contributed by atoms with E-state index in [1.807, 2.05) is 6.07 Å². The quantitative estimate of drug-likeness (QED) is 0.837. The number of anilines is 1. The summed E-state index contributed by atoms with van der Waals surface area (Å²) in [6.07, 6.45) is 2.64. The van der Waals surface area contributed by atoms with Gasteiger partial charge >= 0.3 is 0 Å². The Morgan fingerprint density at radius 1 is 1.00 bits per heavy atom. The normalized spacial score (nSPS) is 20.5. The number of nitrogens with zero attached hydrogens (tertiary/aromatic N) is 2. The van der Waals surface area contributed by atoms with E-state index >= 15 is 0 Å². The first-order valence-corrected chi connectivity index (χ1v) is 8.16. The predicted molar refractivity (Wildman–Crippen MR) is 101 cm³/mol. The molecule has 0 spiro atoms. The predicted octanol–water partition coefficient (Wildman–Crippen LogP) is 2.66. The Bertz CT molecular complexity index is 447. The molecule has 2 heterocycles. The molecule has 4 nitrogen and oxygen atoms in total. The van der Waals surface area contributed by atoms with Crippen LogP contribution in [0, 0.1) is 5.92 Å². The zero-order valence-corrected chi connectivity index (χ0v) is 15.3. The van der Waals surface area contributed by atoms with Gasteiger partial charge in [0, 0.05) is 31.9 Å². The van der Waals surface area contributed by atoms with Gasteiger partial charge in [-0.25, -0.2) is 0 Å². The molecule has 132 valence electrons. The van der Waals surface area contributed by atoms with Crippen molar-refractivity contribution in [2.75, 3.05) is 51.7 Å². The van der Waals surface area contributed by atoms with Crippen LogP contribution in [0.3, 0.4) is 0 Å². The lowest BCUT2D eigenvalue weighted by molar-refractivity contribution is 0.0242. The molecule has 2 aliphatic heterocycles. The van der Waals surface area contributed by atoms with Crippen molar-refractivity contribution < 1.29 is 4.74 Å². The molecule has 0 aromatic heterocycles. The molecule has 2 aliphatic rings. The Hall–Kier alpha value is -0.520. The minimum atomic E-state index is 0. The molecule has 23 heavy (non-hydrogen) atoms. The lowest BCUT2D eigenvalue weighted by Crippen LogP contribution is -2.42. The third kappa shape index (κ3) is 6.48. The van der Waals surface area contributed by atoms with Crippen LogP contribution in [0.4, 0.5) is 5.69 Å². The van der Waals surface area contributed by atoms with Crippen LogP contribution in [0.25, 0.3) is 0 Å². The lowest BCUT2D eigenvalue weighted by Gasteiger charge is -2.36. The third-order valence-corrected chi connectivity index (χ3v) is 4.68. The van der Waals surface area contributed by atoms with Gasteiger partial charge in [-0.2, -0.15) is 0 Å². The summed E-state index contributed by atoms with van der Waals surface area (Å²) in [6, 6.07) is 8.28. The van der Waals surface area contributed by atoms with Crippen molar-refractivity contribution in [1.29, 1.82) is 0 Å². The summed E-state index contributed by atoms with van der Waals surface area (Å²) in [5, 5.41) is 0. The van der Waals surface area contributed by atoms with Crippen molar-refractivity contribution in [3.8, 4) is 0 Å². The van der Waals surface area contributed by atoms with E-state index in [1.165, 1.54) is 38.0 Å². The average molecular weight is 362 g/mol. The molecule has 2 N–H and O–H groups in total. The first-order valence-electron chi connectivity index (χ1n) is 8.16. The van der Waals surface area contributed by atoms with Crippen molar-refractivity contribution >= 4 is 30.5 Å². The topological polar surface area (TPSA) is 41.7 Å². The number of nitrogens with two attached hydrogens (primary N) is 1. The first kappa shape index (κ1) is 20.5. The van der Waals surface area contributed by atoms with Crippen LogP contribution in [0.2, 0.25) is 0 Å². The number of ether oxygens (including phenoxy) is 1. The van der Waals surface area contributed by atoms with Crippen molar-refractivity contribution in [2.45, 2.75) is 19.4 Å².